The minimum atomic E-state index is -0.483. The Balaban J connectivity index is -0.0000000400. The summed E-state index contributed by atoms with van der Waals surface area (Å²) in [5, 5.41) is 0. The van der Waals surface area contributed by atoms with Gasteiger partial charge in [0.1, 0.15) is 0 Å². The van der Waals surface area contributed by atoms with E-state index in [0.717, 1.165) is 0 Å². The van der Waals surface area contributed by atoms with Crippen LogP contribution in [0.2, 0.25) is 0 Å². The van der Waals surface area contributed by atoms with Crippen LogP contribution in [0.1, 0.15) is 0 Å². The van der Waals surface area contributed by atoms with Crippen molar-refractivity contribution >= 4 is 85.6 Å². The molecule has 0 aliphatic carbocycles. The Morgan fingerprint density at radius 1 is 0.714 bits per heavy atom. The molecule has 0 saturated carbocycles. The van der Waals surface area contributed by atoms with E-state index >= 15 is 0 Å². The van der Waals surface area contributed by atoms with Crippen LogP contribution in [-0.4, -0.2) is 35.4 Å². The van der Waals surface area contributed by atoms with Crippen molar-refractivity contribution in [1.82, 2.24) is 0 Å². The molecular formula is HS5Sb2-. The van der Waals surface area contributed by atoms with Crippen molar-refractivity contribution in [2.45, 2.75) is 0 Å². The molecule has 0 aromatic carbocycles. The van der Waals surface area contributed by atoms with Crippen molar-refractivity contribution in [3.05, 3.63) is 0 Å². The molecule has 42 valence electrons. The van der Waals surface area contributed by atoms with Crippen LogP contribution in [0.5, 0.6) is 0 Å². The predicted molar refractivity (Wildman–Crippen MR) is 50.6 cm³/mol. The first-order valence-electron chi connectivity index (χ1n) is 0.730. The zero-order valence-electron chi connectivity index (χ0n) is 2.97. The summed E-state index contributed by atoms with van der Waals surface area (Å²) in [5.74, 6) is 0. The molecular weight excluding hydrogens is 404 g/mol. The molecule has 7 heteroatoms. The molecule has 0 atom stereocenters. The third kappa shape index (κ3) is 50.9. The van der Waals surface area contributed by atoms with Gasteiger partial charge in [-0.05, 0) is 0 Å². The molecule has 2 radical (unpaired) electrons. The summed E-state index contributed by atoms with van der Waals surface area (Å²) in [4.78, 5) is 0. The van der Waals surface area contributed by atoms with Gasteiger partial charge in [-0.2, -0.15) is 0 Å². The molecule has 0 amide bonds. The maximum absolute atomic E-state index is 4.36. The van der Waals surface area contributed by atoms with Gasteiger partial charge in [-0.15, -0.1) is 0 Å². The third-order valence-corrected chi connectivity index (χ3v) is 0. The summed E-state index contributed by atoms with van der Waals surface area (Å²) in [5.41, 5.74) is 0. The van der Waals surface area contributed by atoms with Crippen LogP contribution in [-0.2, 0) is 13.5 Å². The van der Waals surface area contributed by atoms with E-state index in [1.54, 1.807) is 0 Å². The molecule has 0 aromatic rings. The van der Waals surface area contributed by atoms with Crippen LogP contribution in [0, 0.1) is 0 Å². The number of thiol groups is 1. The van der Waals surface area contributed by atoms with Crippen molar-refractivity contribution in [3.8, 4) is 0 Å². The molecule has 0 aliphatic heterocycles. The summed E-state index contributed by atoms with van der Waals surface area (Å²) < 4.78 is 0. The van der Waals surface area contributed by atoms with Gasteiger partial charge in [0.15, 0.2) is 0 Å². The molecule has 0 aliphatic rings. The molecule has 0 fully saturated rings. The van der Waals surface area contributed by atoms with E-state index in [9.17, 15) is 0 Å². The van der Waals surface area contributed by atoms with Crippen molar-refractivity contribution in [2.75, 3.05) is 0 Å². The van der Waals surface area contributed by atoms with E-state index in [1.807, 2.05) is 0 Å². The van der Waals surface area contributed by atoms with Crippen LogP contribution in [0.25, 0.3) is 0 Å². The fourth-order valence-corrected chi connectivity index (χ4v) is 0. The average Bonchev–Trinajstić information content (AvgIpc) is 1.39. The van der Waals surface area contributed by atoms with Crippen molar-refractivity contribution < 1.29 is 0 Å². The van der Waals surface area contributed by atoms with Gasteiger partial charge in [0, 0.05) is 0 Å². The quantitative estimate of drug-likeness (QED) is 0.340. The second kappa shape index (κ2) is 23.2. The topological polar surface area (TPSA) is 0 Å². The molecule has 0 unspecified atom stereocenters. The monoisotopic (exact) mass is 403 g/mol. The van der Waals surface area contributed by atoms with E-state index in [0.29, 0.717) is 0 Å². The van der Waals surface area contributed by atoms with E-state index < -0.39 is 35.4 Å². The first kappa shape index (κ1) is 16.5. The van der Waals surface area contributed by atoms with E-state index in [4.69, 9.17) is 0 Å². The van der Waals surface area contributed by atoms with Gasteiger partial charge in [-0.3, -0.25) is 0 Å². The molecule has 0 bridgehead atoms. The summed E-state index contributed by atoms with van der Waals surface area (Å²) in [7, 11) is 17.4. The predicted octanol–water partition coefficient (Wildman–Crippen LogP) is 1.56. The number of rotatable bonds is 0. The van der Waals surface area contributed by atoms with Gasteiger partial charge >= 0.3 is 72.1 Å². The first-order chi connectivity index (χ1) is 2.83. The van der Waals surface area contributed by atoms with Gasteiger partial charge in [-0.1, -0.05) is 0 Å². The third-order valence-electron chi connectivity index (χ3n) is 0. The van der Waals surface area contributed by atoms with Gasteiger partial charge in [0.25, 0.3) is 0 Å². The molecule has 0 N–H and O–H groups in total. The van der Waals surface area contributed by atoms with E-state index in [2.05, 4.69) is 36.8 Å². The molecule has 0 nitrogen and oxygen atoms in total. The molecule has 7 heavy (non-hydrogen) atoms. The summed E-state index contributed by atoms with van der Waals surface area (Å²) in [6.07, 6.45) is 0. The summed E-state index contributed by atoms with van der Waals surface area (Å²) in [6, 6.07) is 0. The van der Waals surface area contributed by atoms with Crippen LogP contribution in [0.15, 0.2) is 0 Å². The van der Waals surface area contributed by atoms with E-state index in [1.165, 1.54) is 0 Å². The van der Waals surface area contributed by atoms with Crippen LogP contribution in [0.3, 0.4) is 0 Å². The Morgan fingerprint density at radius 3 is 0.714 bits per heavy atom. The first-order valence-corrected chi connectivity index (χ1v) is 14.7. The van der Waals surface area contributed by atoms with Crippen molar-refractivity contribution in [3.63, 3.8) is 0 Å². The average molecular weight is 405 g/mol. The van der Waals surface area contributed by atoms with Gasteiger partial charge in [0.05, 0.1) is 0 Å². The molecule has 0 saturated heterocycles. The second-order valence-electron chi connectivity index (χ2n) is 0.149. The van der Waals surface area contributed by atoms with Gasteiger partial charge in [0.2, 0.25) is 0 Å². The molecule has 0 heterocycles. The Labute approximate surface area is 83.8 Å². The second-order valence-corrected chi connectivity index (χ2v) is 9.00. The Morgan fingerprint density at radius 2 is 0.714 bits per heavy atom. The Bertz CT molecular complexity index is 60.1. The summed E-state index contributed by atoms with van der Waals surface area (Å²) in [6.45, 7) is 0. The van der Waals surface area contributed by atoms with Gasteiger partial charge < -0.3 is 13.5 Å². The Kier molecular flexibility index (Phi) is 54.4. The molecule has 0 spiro atoms. The van der Waals surface area contributed by atoms with Crippen LogP contribution >= 0.6 is 36.8 Å². The fourth-order valence-electron chi connectivity index (χ4n) is 0. The van der Waals surface area contributed by atoms with Gasteiger partial charge in [-0.25, -0.2) is 0 Å². The number of hydrogen-bond donors (Lipinski definition) is 0. The van der Waals surface area contributed by atoms with Crippen molar-refractivity contribution in [2.24, 2.45) is 0 Å². The summed E-state index contributed by atoms with van der Waals surface area (Å²) >= 11 is -0.967. The normalized spacial score (nSPS) is 2.29. The van der Waals surface area contributed by atoms with Crippen LogP contribution < -0.4 is 0 Å². The maximum atomic E-state index is 4.36. The zero-order chi connectivity index (χ0) is 5.41. The SMILES string of the molecule is [SH-].[S]=[Sb]=[S].[S]=[Sb]=[S]. The fraction of sp³-hybridized carbons (Fsp3) is 0. The Hall–Kier alpha value is 2.87. The molecule has 0 aromatic heterocycles. The standard InChI is InChI=1S/H2S.4S.2Sb/h1H2;;;;;;/p-1. The molecule has 0 rings (SSSR count). The van der Waals surface area contributed by atoms with E-state index in [-0.39, 0.29) is 13.5 Å². The van der Waals surface area contributed by atoms with Crippen LogP contribution in [0.4, 0.5) is 0 Å². The van der Waals surface area contributed by atoms with Crippen molar-refractivity contribution in [1.29, 1.82) is 0 Å². The number of hydrogen-bond acceptors (Lipinski definition) is 5. The zero-order valence-corrected chi connectivity index (χ0v) is 12.2. The minimum absolute atomic E-state index is 0.